The van der Waals surface area contributed by atoms with Gasteiger partial charge in [0.25, 0.3) is 0 Å². The van der Waals surface area contributed by atoms with Crippen LogP contribution in [0, 0.1) is 11.3 Å². The normalized spacial score (nSPS) is 9.71. The standard InChI is InChI=1S/C11H5Cl2N3O/c12-7-1-2-10(9(13)3-7)17-11-6-15-8(4-14)5-16-11/h1-3,5-6H. The predicted octanol–water partition coefficient (Wildman–Crippen LogP) is 3.45. The molecule has 0 amide bonds. The van der Waals surface area contributed by atoms with E-state index < -0.39 is 0 Å². The Morgan fingerprint density at radius 1 is 1.18 bits per heavy atom. The Balaban J connectivity index is 2.23. The molecule has 0 bridgehead atoms. The van der Waals surface area contributed by atoms with Gasteiger partial charge in [0.05, 0.1) is 17.4 Å². The quantitative estimate of drug-likeness (QED) is 0.835. The van der Waals surface area contributed by atoms with Gasteiger partial charge in [-0.2, -0.15) is 5.26 Å². The van der Waals surface area contributed by atoms with Crippen LogP contribution < -0.4 is 4.74 Å². The number of aromatic nitrogens is 2. The Kier molecular flexibility index (Phi) is 3.43. The van der Waals surface area contributed by atoms with E-state index in [1.165, 1.54) is 12.4 Å². The Bertz CT molecular complexity index is 578. The van der Waals surface area contributed by atoms with E-state index in [1.807, 2.05) is 6.07 Å². The number of benzene rings is 1. The molecule has 0 fully saturated rings. The van der Waals surface area contributed by atoms with Crippen LogP contribution in [0.5, 0.6) is 11.6 Å². The number of hydrogen-bond acceptors (Lipinski definition) is 4. The molecule has 0 spiro atoms. The van der Waals surface area contributed by atoms with Crippen LogP contribution in [-0.2, 0) is 0 Å². The minimum absolute atomic E-state index is 0.222. The lowest BCUT2D eigenvalue weighted by molar-refractivity contribution is 0.460. The Morgan fingerprint density at radius 3 is 2.59 bits per heavy atom. The van der Waals surface area contributed by atoms with Crippen molar-refractivity contribution in [3.63, 3.8) is 0 Å². The van der Waals surface area contributed by atoms with E-state index in [4.69, 9.17) is 33.2 Å². The molecule has 0 N–H and O–H groups in total. The van der Waals surface area contributed by atoms with Gasteiger partial charge in [0.15, 0.2) is 5.69 Å². The van der Waals surface area contributed by atoms with E-state index in [0.29, 0.717) is 15.8 Å². The van der Waals surface area contributed by atoms with Gasteiger partial charge in [0, 0.05) is 5.02 Å². The van der Waals surface area contributed by atoms with Gasteiger partial charge in [0.2, 0.25) is 5.88 Å². The first-order valence-corrected chi connectivity index (χ1v) is 5.29. The first-order valence-electron chi connectivity index (χ1n) is 4.54. The van der Waals surface area contributed by atoms with E-state index in [9.17, 15) is 0 Å². The number of hydrogen-bond donors (Lipinski definition) is 0. The molecule has 0 aliphatic carbocycles. The summed E-state index contributed by atoms with van der Waals surface area (Å²) in [5.41, 5.74) is 0.222. The lowest BCUT2D eigenvalue weighted by Crippen LogP contribution is -1.91. The maximum absolute atomic E-state index is 8.56. The van der Waals surface area contributed by atoms with Gasteiger partial charge in [-0.05, 0) is 18.2 Å². The van der Waals surface area contributed by atoms with Crippen LogP contribution in [0.1, 0.15) is 5.69 Å². The lowest BCUT2D eigenvalue weighted by atomic mass is 10.3. The average molecular weight is 266 g/mol. The molecule has 84 valence electrons. The minimum Gasteiger partial charge on any atom is -0.436 e. The monoisotopic (exact) mass is 265 g/mol. The second-order valence-corrected chi connectivity index (χ2v) is 3.87. The maximum Gasteiger partial charge on any atom is 0.237 e. The number of nitrogens with zero attached hydrogens (tertiary/aromatic N) is 3. The molecule has 0 atom stereocenters. The van der Waals surface area contributed by atoms with Gasteiger partial charge < -0.3 is 4.74 Å². The molecule has 4 nitrogen and oxygen atoms in total. The second-order valence-electron chi connectivity index (χ2n) is 3.03. The largest absolute Gasteiger partial charge is 0.436 e. The summed E-state index contributed by atoms with van der Waals surface area (Å²) in [7, 11) is 0. The Labute approximate surface area is 107 Å². The van der Waals surface area contributed by atoms with Crippen molar-refractivity contribution in [2.75, 3.05) is 0 Å². The minimum atomic E-state index is 0.222. The van der Waals surface area contributed by atoms with Crippen molar-refractivity contribution in [1.82, 2.24) is 9.97 Å². The van der Waals surface area contributed by atoms with Crippen molar-refractivity contribution < 1.29 is 4.74 Å². The smallest absolute Gasteiger partial charge is 0.237 e. The van der Waals surface area contributed by atoms with Crippen molar-refractivity contribution in [3.05, 3.63) is 46.3 Å². The Hall–Kier alpha value is -1.83. The van der Waals surface area contributed by atoms with Gasteiger partial charge in [-0.15, -0.1) is 0 Å². The molecule has 0 saturated carbocycles. The third kappa shape index (κ3) is 2.84. The highest BCUT2D eigenvalue weighted by Gasteiger charge is 2.05. The van der Waals surface area contributed by atoms with E-state index >= 15 is 0 Å². The molecule has 0 aliphatic rings. The average Bonchev–Trinajstić information content (AvgIpc) is 2.34. The zero-order chi connectivity index (χ0) is 12.3. The number of ether oxygens (including phenoxy) is 1. The Morgan fingerprint density at radius 2 is 2.00 bits per heavy atom. The van der Waals surface area contributed by atoms with Crippen LogP contribution in [0.2, 0.25) is 10.0 Å². The third-order valence-corrected chi connectivity index (χ3v) is 2.38. The maximum atomic E-state index is 8.56. The van der Waals surface area contributed by atoms with E-state index in [0.717, 1.165) is 0 Å². The molecule has 6 heteroatoms. The molecule has 1 aromatic heterocycles. The van der Waals surface area contributed by atoms with Crippen LogP contribution >= 0.6 is 23.2 Å². The summed E-state index contributed by atoms with van der Waals surface area (Å²) < 4.78 is 5.39. The van der Waals surface area contributed by atoms with Gasteiger partial charge in [-0.3, -0.25) is 0 Å². The van der Waals surface area contributed by atoms with Gasteiger partial charge in [-0.25, -0.2) is 9.97 Å². The SMILES string of the molecule is N#Cc1cnc(Oc2ccc(Cl)cc2Cl)cn1. The summed E-state index contributed by atoms with van der Waals surface area (Å²) in [6, 6.07) is 6.71. The van der Waals surface area contributed by atoms with Crippen molar-refractivity contribution >= 4 is 23.2 Å². The summed E-state index contributed by atoms with van der Waals surface area (Å²) >= 11 is 11.7. The molecule has 2 rings (SSSR count). The highest BCUT2D eigenvalue weighted by atomic mass is 35.5. The summed E-state index contributed by atoms with van der Waals surface area (Å²) in [6.07, 6.45) is 2.67. The first-order chi connectivity index (χ1) is 8.19. The van der Waals surface area contributed by atoms with Gasteiger partial charge >= 0.3 is 0 Å². The van der Waals surface area contributed by atoms with Gasteiger partial charge in [-0.1, -0.05) is 23.2 Å². The summed E-state index contributed by atoms with van der Waals surface area (Å²) in [5.74, 6) is 0.684. The first kappa shape index (κ1) is 11.6. The molecule has 0 saturated heterocycles. The molecule has 0 unspecified atom stereocenters. The lowest BCUT2D eigenvalue weighted by Gasteiger charge is -2.05. The molecule has 17 heavy (non-hydrogen) atoms. The van der Waals surface area contributed by atoms with Crippen LogP contribution in [0.4, 0.5) is 0 Å². The second kappa shape index (κ2) is 5.00. The van der Waals surface area contributed by atoms with Crippen molar-refractivity contribution in [2.24, 2.45) is 0 Å². The van der Waals surface area contributed by atoms with E-state index in [-0.39, 0.29) is 11.6 Å². The van der Waals surface area contributed by atoms with Crippen LogP contribution in [0.15, 0.2) is 30.6 Å². The summed E-state index contributed by atoms with van der Waals surface area (Å²) in [4.78, 5) is 7.73. The highest BCUT2D eigenvalue weighted by Crippen LogP contribution is 2.30. The fourth-order valence-corrected chi connectivity index (χ4v) is 1.54. The topological polar surface area (TPSA) is 58.8 Å². The molecule has 0 radical (unpaired) electrons. The van der Waals surface area contributed by atoms with Crippen LogP contribution in [0.25, 0.3) is 0 Å². The van der Waals surface area contributed by atoms with Gasteiger partial charge in [0.1, 0.15) is 11.8 Å². The molecule has 0 aliphatic heterocycles. The molecular weight excluding hydrogens is 261 g/mol. The van der Waals surface area contributed by atoms with Crippen LogP contribution in [-0.4, -0.2) is 9.97 Å². The highest BCUT2D eigenvalue weighted by molar-refractivity contribution is 6.35. The van der Waals surface area contributed by atoms with Crippen LogP contribution in [0.3, 0.4) is 0 Å². The number of nitriles is 1. The van der Waals surface area contributed by atoms with E-state index in [2.05, 4.69) is 9.97 Å². The molecule has 1 heterocycles. The zero-order valence-corrected chi connectivity index (χ0v) is 9.90. The molecular formula is C11H5Cl2N3O. The van der Waals surface area contributed by atoms with Crippen molar-refractivity contribution in [3.8, 4) is 17.7 Å². The summed E-state index contributed by atoms with van der Waals surface area (Å²) in [5, 5.41) is 9.46. The number of rotatable bonds is 2. The predicted molar refractivity (Wildman–Crippen MR) is 63.3 cm³/mol. The zero-order valence-electron chi connectivity index (χ0n) is 8.39. The fourth-order valence-electron chi connectivity index (χ4n) is 1.10. The van der Waals surface area contributed by atoms with Crippen molar-refractivity contribution in [1.29, 1.82) is 5.26 Å². The fraction of sp³-hybridized carbons (Fsp3) is 0. The molecule has 2 aromatic rings. The molecule has 1 aromatic carbocycles. The van der Waals surface area contributed by atoms with Crippen molar-refractivity contribution in [2.45, 2.75) is 0 Å². The number of halogens is 2. The summed E-state index contributed by atoms with van der Waals surface area (Å²) in [6.45, 7) is 0. The van der Waals surface area contributed by atoms with E-state index in [1.54, 1.807) is 18.2 Å². The third-order valence-electron chi connectivity index (χ3n) is 1.85.